The van der Waals surface area contributed by atoms with Crippen LogP contribution in [0.5, 0.6) is 0 Å². The Bertz CT molecular complexity index is 1260. The van der Waals surface area contributed by atoms with Gasteiger partial charge in [-0.1, -0.05) is 68.4 Å². The highest BCUT2D eigenvalue weighted by atomic mass is 32.2. The summed E-state index contributed by atoms with van der Waals surface area (Å²) in [6.07, 6.45) is 1.76. The molecule has 0 radical (unpaired) electrons. The van der Waals surface area contributed by atoms with Crippen LogP contribution in [0.3, 0.4) is 0 Å². The first-order valence-electron chi connectivity index (χ1n) is 11.6. The first kappa shape index (κ1) is 26.4. The van der Waals surface area contributed by atoms with Crippen LogP contribution in [0.25, 0.3) is 11.4 Å². The van der Waals surface area contributed by atoms with Crippen molar-refractivity contribution >= 4 is 21.6 Å². The van der Waals surface area contributed by atoms with E-state index in [1.807, 2.05) is 31.2 Å². The minimum atomic E-state index is -3.47. The van der Waals surface area contributed by atoms with Gasteiger partial charge in [-0.2, -0.15) is 4.98 Å². The summed E-state index contributed by atoms with van der Waals surface area (Å²) < 4.78 is 31.4. The number of carbonyl (C=O) groups excluding carboxylic acids is 1. The Labute approximate surface area is 208 Å². The Morgan fingerprint density at radius 3 is 2.31 bits per heavy atom. The number of carbonyl (C=O) groups is 1. The standard InChI is InChI=1S/C26H34N4O4S/c1-19-10-7-8-11-22(19)30(35(6,32)33)17-9-12-24(31)29(5)18-23-27-25(28-34-23)20-13-15-21(16-14-20)26(2,3)4/h7-8,10-11,13-16H,9,12,17-18H2,1-6H3. The van der Waals surface area contributed by atoms with Gasteiger partial charge in [0.15, 0.2) is 0 Å². The predicted octanol–water partition coefficient (Wildman–Crippen LogP) is 4.55. The highest BCUT2D eigenvalue weighted by Gasteiger charge is 2.20. The molecule has 8 nitrogen and oxygen atoms in total. The molecule has 0 unspecified atom stereocenters. The van der Waals surface area contributed by atoms with Crippen LogP contribution in [0.4, 0.5) is 5.69 Å². The maximum absolute atomic E-state index is 12.7. The van der Waals surface area contributed by atoms with Gasteiger partial charge in [-0.25, -0.2) is 8.42 Å². The maximum atomic E-state index is 12.7. The molecule has 2 aromatic carbocycles. The number of aryl methyl sites for hydroxylation is 1. The third-order valence-corrected chi connectivity index (χ3v) is 6.99. The normalized spacial score (nSPS) is 11.9. The zero-order chi connectivity index (χ0) is 25.8. The van der Waals surface area contributed by atoms with Gasteiger partial charge in [0.1, 0.15) is 0 Å². The number of amides is 1. The molecule has 35 heavy (non-hydrogen) atoms. The summed E-state index contributed by atoms with van der Waals surface area (Å²) in [7, 11) is -1.80. The number of hydrogen-bond acceptors (Lipinski definition) is 6. The third kappa shape index (κ3) is 6.91. The van der Waals surface area contributed by atoms with E-state index in [4.69, 9.17) is 4.52 Å². The largest absolute Gasteiger partial charge is 0.337 e. The average Bonchev–Trinajstić information content (AvgIpc) is 3.24. The van der Waals surface area contributed by atoms with Crippen LogP contribution in [-0.2, 0) is 26.8 Å². The smallest absolute Gasteiger partial charge is 0.246 e. The fourth-order valence-corrected chi connectivity index (χ4v) is 4.74. The number of anilines is 1. The molecular weight excluding hydrogens is 464 g/mol. The van der Waals surface area contributed by atoms with E-state index in [1.165, 1.54) is 21.0 Å². The van der Waals surface area contributed by atoms with E-state index in [0.717, 1.165) is 11.1 Å². The van der Waals surface area contributed by atoms with Crippen LogP contribution in [-0.4, -0.2) is 49.2 Å². The van der Waals surface area contributed by atoms with Gasteiger partial charge in [0, 0.05) is 25.6 Å². The summed E-state index contributed by atoms with van der Waals surface area (Å²) in [5, 5.41) is 4.05. The number of benzene rings is 2. The Kier molecular flexibility index (Phi) is 8.00. The molecule has 0 atom stereocenters. The van der Waals surface area contributed by atoms with Gasteiger partial charge in [0.2, 0.25) is 27.6 Å². The maximum Gasteiger partial charge on any atom is 0.246 e. The van der Waals surface area contributed by atoms with Crippen LogP contribution >= 0.6 is 0 Å². The molecule has 0 spiro atoms. The minimum Gasteiger partial charge on any atom is -0.337 e. The van der Waals surface area contributed by atoms with Gasteiger partial charge in [-0.3, -0.25) is 9.10 Å². The molecule has 9 heteroatoms. The summed E-state index contributed by atoms with van der Waals surface area (Å²) in [4.78, 5) is 18.6. The lowest BCUT2D eigenvalue weighted by atomic mass is 9.87. The SMILES string of the molecule is Cc1ccccc1N(CCCC(=O)N(C)Cc1nc(-c2ccc(C(C)(C)C)cc2)no1)S(C)(=O)=O. The first-order chi connectivity index (χ1) is 16.4. The molecule has 0 N–H and O–H groups in total. The second kappa shape index (κ2) is 10.6. The van der Waals surface area contributed by atoms with E-state index in [9.17, 15) is 13.2 Å². The van der Waals surface area contributed by atoms with Crippen LogP contribution in [0.1, 0.15) is 50.6 Å². The summed E-state index contributed by atoms with van der Waals surface area (Å²) in [5.41, 5.74) is 3.61. The van der Waals surface area contributed by atoms with Gasteiger partial charge in [-0.05, 0) is 36.0 Å². The van der Waals surface area contributed by atoms with Gasteiger partial charge in [0.05, 0.1) is 18.5 Å². The molecule has 0 fully saturated rings. The number of aromatic nitrogens is 2. The lowest BCUT2D eigenvalue weighted by Gasteiger charge is -2.24. The van der Waals surface area contributed by atoms with Crippen LogP contribution < -0.4 is 4.31 Å². The molecule has 0 aliphatic rings. The first-order valence-corrected chi connectivity index (χ1v) is 13.4. The molecule has 0 bridgehead atoms. The van der Waals surface area contributed by atoms with Crippen molar-refractivity contribution < 1.29 is 17.7 Å². The van der Waals surface area contributed by atoms with Crippen molar-refractivity contribution in [3.8, 4) is 11.4 Å². The summed E-state index contributed by atoms with van der Waals surface area (Å²) >= 11 is 0. The van der Waals surface area contributed by atoms with Crippen molar-refractivity contribution in [2.75, 3.05) is 24.2 Å². The topological polar surface area (TPSA) is 96.6 Å². The second-order valence-corrected chi connectivity index (χ2v) is 11.7. The van der Waals surface area contributed by atoms with Gasteiger partial charge in [-0.15, -0.1) is 0 Å². The van der Waals surface area contributed by atoms with E-state index in [0.29, 0.717) is 23.8 Å². The lowest BCUT2D eigenvalue weighted by Crippen LogP contribution is -2.33. The Balaban J connectivity index is 1.57. The third-order valence-electron chi connectivity index (χ3n) is 5.81. The molecular formula is C26H34N4O4S. The van der Waals surface area contributed by atoms with Crippen molar-refractivity contribution in [3.05, 3.63) is 65.5 Å². The zero-order valence-electron chi connectivity index (χ0n) is 21.3. The number of nitrogens with zero attached hydrogens (tertiary/aromatic N) is 4. The Morgan fingerprint density at radius 2 is 1.71 bits per heavy atom. The quantitative estimate of drug-likeness (QED) is 0.429. The molecule has 0 saturated heterocycles. The molecule has 188 valence electrons. The van der Waals surface area contributed by atoms with Gasteiger partial charge >= 0.3 is 0 Å². The summed E-state index contributed by atoms with van der Waals surface area (Å²) in [6.45, 7) is 8.73. The van der Waals surface area contributed by atoms with Crippen molar-refractivity contribution in [3.63, 3.8) is 0 Å². The van der Waals surface area contributed by atoms with E-state index < -0.39 is 10.0 Å². The van der Waals surface area contributed by atoms with Crippen molar-refractivity contribution in [2.24, 2.45) is 0 Å². The zero-order valence-corrected chi connectivity index (χ0v) is 22.1. The van der Waals surface area contributed by atoms with E-state index in [-0.39, 0.29) is 30.8 Å². The van der Waals surface area contributed by atoms with Gasteiger partial charge in [0.25, 0.3) is 0 Å². The minimum absolute atomic E-state index is 0.0578. The Hall–Kier alpha value is -3.20. The summed E-state index contributed by atoms with van der Waals surface area (Å²) in [5.74, 6) is 0.689. The number of para-hydroxylation sites is 1. The lowest BCUT2D eigenvalue weighted by molar-refractivity contribution is -0.130. The molecule has 0 saturated carbocycles. The highest BCUT2D eigenvalue weighted by Crippen LogP contribution is 2.25. The van der Waals surface area contributed by atoms with Crippen LogP contribution in [0.15, 0.2) is 53.1 Å². The average molecular weight is 499 g/mol. The highest BCUT2D eigenvalue weighted by molar-refractivity contribution is 7.92. The molecule has 3 aromatic rings. The molecule has 3 rings (SSSR count). The molecule has 0 aliphatic carbocycles. The molecule has 1 aromatic heterocycles. The number of rotatable bonds is 9. The Morgan fingerprint density at radius 1 is 1.06 bits per heavy atom. The van der Waals surface area contributed by atoms with Crippen LogP contribution in [0, 0.1) is 6.92 Å². The fourth-order valence-electron chi connectivity index (χ4n) is 3.72. The van der Waals surface area contributed by atoms with Crippen molar-refractivity contribution in [2.45, 2.75) is 52.5 Å². The second-order valence-electron chi connectivity index (χ2n) is 9.81. The van der Waals surface area contributed by atoms with Gasteiger partial charge < -0.3 is 9.42 Å². The van der Waals surface area contributed by atoms with E-state index >= 15 is 0 Å². The number of sulfonamides is 1. The molecule has 1 amide bonds. The van der Waals surface area contributed by atoms with Crippen molar-refractivity contribution in [1.82, 2.24) is 15.0 Å². The molecule has 1 heterocycles. The van der Waals surface area contributed by atoms with Crippen LogP contribution in [0.2, 0.25) is 0 Å². The molecule has 0 aliphatic heterocycles. The fraction of sp³-hybridized carbons (Fsp3) is 0.423. The monoisotopic (exact) mass is 498 g/mol. The number of hydrogen-bond donors (Lipinski definition) is 0. The van der Waals surface area contributed by atoms with Crippen molar-refractivity contribution in [1.29, 1.82) is 0 Å². The van der Waals surface area contributed by atoms with E-state index in [1.54, 1.807) is 19.2 Å². The summed E-state index contributed by atoms with van der Waals surface area (Å²) in [6, 6.07) is 15.3. The predicted molar refractivity (Wildman–Crippen MR) is 138 cm³/mol. The van der Waals surface area contributed by atoms with E-state index in [2.05, 4.69) is 43.0 Å².